The Morgan fingerprint density at radius 3 is 2.16 bits per heavy atom. The summed E-state index contributed by atoms with van der Waals surface area (Å²) in [5.41, 5.74) is 0. The molecule has 31 heavy (non-hydrogen) atoms. The van der Waals surface area contributed by atoms with Crippen LogP contribution in [0.4, 0.5) is 0 Å². The summed E-state index contributed by atoms with van der Waals surface area (Å²) in [6.07, 6.45) is 25.4. The van der Waals surface area contributed by atoms with Gasteiger partial charge in [0.1, 0.15) is 13.2 Å². The van der Waals surface area contributed by atoms with Gasteiger partial charge in [-0.05, 0) is 45.4 Å². The van der Waals surface area contributed by atoms with Gasteiger partial charge in [0.05, 0.1) is 32.8 Å². The molecule has 0 spiro atoms. The highest BCUT2D eigenvalue weighted by atomic mass is 16.6. The zero-order valence-electron chi connectivity index (χ0n) is 20.4. The maximum Gasteiger partial charge on any atom is 0.305 e. The minimum atomic E-state index is -0.0791. The summed E-state index contributed by atoms with van der Waals surface area (Å²) in [6, 6.07) is 0. The topological polar surface area (TPSA) is 35.5 Å². The predicted molar refractivity (Wildman–Crippen MR) is 131 cm³/mol. The number of likely N-dealkylation sites (tertiary alicyclic amines) is 1. The third-order valence-corrected chi connectivity index (χ3v) is 6.17. The van der Waals surface area contributed by atoms with E-state index < -0.39 is 0 Å². The third-order valence-electron chi connectivity index (χ3n) is 6.17. The summed E-state index contributed by atoms with van der Waals surface area (Å²) in [4.78, 5) is 11.8. The largest absolute Gasteiger partial charge is 0.463 e. The fourth-order valence-corrected chi connectivity index (χ4v) is 3.84. The van der Waals surface area contributed by atoms with E-state index in [9.17, 15) is 4.79 Å². The maximum absolute atomic E-state index is 11.8. The minimum Gasteiger partial charge on any atom is -0.463 e. The van der Waals surface area contributed by atoms with Crippen LogP contribution < -0.4 is 0 Å². The van der Waals surface area contributed by atoms with Crippen LogP contribution in [0.5, 0.6) is 0 Å². The molecule has 0 aliphatic carbocycles. The first-order chi connectivity index (χ1) is 15.2. The Morgan fingerprint density at radius 2 is 1.48 bits per heavy atom. The highest BCUT2D eigenvalue weighted by Gasteiger charge is 2.32. The number of nitrogens with zero attached hydrogens (tertiary/aromatic N) is 1. The molecule has 1 aliphatic heterocycles. The average molecular weight is 435 g/mol. The normalized spacial score (nSPS) is 15.8. The predicted octanol–water partition coefficient (Wildman–Crippen LogP) is 6.38. The molecule has 1 fully saturated rings. The number of likely N-dealkylation sites (N-methyl/N-ethyl adjacent to an activating group) is 1. The van der Waals surface area contributed by atoms with Crippen molar-refractivity contribution in [2.45, 2.75) is 84.5 Å². The molecule has 1 rings (SSSR count). The molecule has 0 aromatic carbocycles. The number of ether oxygens (including phenoxy) is 2. The highest BCUT2D eigenvalue weighted by Crippen LogP contribution is 2.18. The van der Waals surface area contributed by atoms with E-state index in [0.717, 1.165) is 51.7 Å². The van der Waals surface area contributed by atoms with Crippen LogP contribution in [-0.2, 0) is 14.3 Å². The Morgan fingerprint density at radius 1 is 0.806 bits per heavy atom. The number of esters is 1. The van der Waals surface area contributed by atoms with E-state index in [2.05, 4.69) is 50.3 Å². The molecule has 0 N–H and O–H groups in total. The second-order valence-electron chi connectivity index (χ2n) is 8.62. The van der Waals surface area contributed by atoms with Crippen molar-refractivity contribution in [3.8, 4) is 0 Å². The Hall–Kier alpha value is -1.39. The van der Waals surface area contributed by atoms with E-state index in [1.807, 2.05) is 0 Å². The van der Waals surface area contributed by atoms with Gasteiger partial charge in [-0.15, -0.1) is 0 Å². The van der Waals surface area contributed by atoms with Crippen LogP contribution in [0.25, 0.3) is 0 Å². The summed E-state index contributed by atoms with van der Waals surface area (Å²) in [6.45, 7) is 11.0. The Balaban J connectivity index is 1.81. The molecule has 1 heterocycles. The molecule has 1 saturated heterocycles. The van der Waals surface area contributed by atoms with Crippen molar-refractivity contribution in [2.24, 2.45) is 0 Å². The van der Waals surface area contributed by atoms with Crippen LogP contribution in [0.3, 0.4) is 0 Å². The molecule has 0 atom stereocenters. The van der Waals surface area contributed by atoms with Gasteiger partial charge in [0.2, 0.25) is 0 Å². The summed E-state index contributed by atoms with van der Waals surface area (Å²) in [5, 5.41) is 0. The van der Waals surface area contributed by atoms with Gasteiger partial charge >= 0.3 is 5.97 Å². The second-order valence-corrected chi connectivity index (χ2v) is 8.62. The second kappa shape index (κ2) is 19.3. The Labute approximate surface area is 192 Å². The average Bonchev–Trinajstić information content (AvgIpc) is 2.75. The molecule has 4 heteroatoms. The van der Waals surface area contributed by atoms with Crippen LogP contribution in [-0.4, -0.2) is 56.5 Å². The van der Waals surface area contributed by atoms with E-state index in [1.165, 1.54) is 49.8 Å². The van der Waals surface area contributed by atoms with E-state index in [0.29, 0.717) is 19.6 Å². The molecule has 1 aliphatic rings. The van der Waals surface area contributed by atoms with Gasteiger partial charge in [-0.3, -0.25) is 4.79 Å². The number of hydrogen-bond acceptors (Lipinski definition) is 3. The quantitative estimate of drug-likeness (QED) is 0.0965. The molecular weight excluding hydrogens is 386 g/mol. The first-order valence-electron chi connectivity index (χ1n) is 12.8. The summed E-state index contributed by atoms with van der Waals surface area (Å²) in [5.74, 6) is -0.0791. The van der Waals surface area contributed by atoms with Crippen LogP contribution >= 0.6 is 0 Å². The molecule has 0 amide bonds. The van der Waals surface area contributed by atoms with Crippen molar-refractivity contribution in [3.63, 3.8) is 0 Å². The zero-order valence-corrected chi connectivity index (χ0v) is 20.4. The monoisotopic (exact) mass is 434 g/mol. The van der Waals surface area contributed by atoms with Crippen molar-refractivity contribution in [2.75, 3.05) is 46.0 Å². The van der Waals surface area contributed by atoms with E-state index >= 15 is 0 Å². The van der Waals surface area contributed by atoms with Crippen molar-refractivity contribution in [1.82, 2.24) is 0 Å². The first kappa shape index (κ1) is 27.6. The first-order valence-corrected chi connectivity index (χ1v) is 12.8. The molecule has 0 bridgehead atoms. The fraction of sp³-hybridized carbons (Fsp3) is 0.741. The molecule has 0 aromatic rings. The summed E-state index contributed by atoms with van der Waals surface area (Å²) < 4.78 is 12.1. The lowest BCUT2D eigenvalue weighted by Crippen LogP contribution is -2.59. The summed E-state index contributed by atoms with van der Waals surface area (Å²) in [7, 11) is 0. The van der Waals surface area contributed by atoms with Gasteiger partial charge in [0.15, 0.2) is 0 Å². The molecule has 0 radical (unpaired) electrons. The van der Waals surface area contributed by atoms with Crippen LogP contribution in [0.1, 0.15) is 84.5 Å². The molecule has 0 unspecified atom stereocenters. The number of hydrogen-bond donors (Lipinski definition) is 0. The SMILES string of the molecule is CC/C=C\C/C=C\C/C=C\CCCCCCCC(=O)OCCOCC[N+]1(CC)CCC1. The number of carbonyl (C=O) groups excluding carboxylic acids is 1. The lowest BCUT2D eigenvalue weighted by molar-refractivity contribution is -0.962. The van der Waals surface area contributed by atoms with Crippen LogP contribution in [0, 0.1) is 0 Å². The lowest BCUT2D eigenvalue weighted by atomic mass is 10.1. The van der Waals surface area contributed by atoms with Gasteiger partial charge < -0.3 is 14.0 Å². The van der Waals surface area contributed by atoms with E-state index in [-0.39, 0.29) is 5.97 Å². The van der Waals surface area contributed by atoms with E-state index in [1.54, 1.807) is 0 Å². The van der Waals surface area contributed by atoms with Crippen LogP contribution in [0.2, 0.25) is 0 Å². The van der Waals surface area contributed by atoms with Gasteiger partial charge in [-0.1, -0.05) is 62.6 Å². The van der Waals surface area contributed by atoms with E-state index in [4.69, 9.17) is 9.47 Å². The zero-order chi connectivity index (χ0) is 22.5. The maximum atomic E-state index is 11.8. The highest BCUT2D eigenvalue weighted by molar-refractivity contribution is 5.69. The number of quaternary nitrogens is 1. The van der Waals surface area contributed by atoms with Gasteiger partial charge in [-0.25, -0.2) is 0 Å². The van der Waals surface area contributed by atoms with Crippen molar-refractivity contribution < 1.29 is 18.8 Å². The summed E-state index contributed by atoms with van der Waals surface area (Å²) >= 11 is 0. The minimum absolute atomic E-state index is 0.0791. The van der Waals surface area contributed by atoms with Gasteiger partial charge in [0.25, 0.3) is 0 Å². The number of allylic oxidation sites excluding steroid dienone is 6. The smallest absolute Gasteiger partial charge is 0.305 e. The number of carbonyl (C=O) groups is 1. The fourth-order valence-electron chi connectivity index (χ4n) is 3.84. The number of rotatable bonds is 20. The standard InChI is InChI=1S/C27H48NO3/c1-3-5-6-7-8-9-10-11-12-13-14-15-16-17-18-20-27(29)31-26-25-30-24-23-28(4-2)21-19-22-28/h5-6,8-9,11-12H,3-4,7,10,13-26H2,1-2H3/q+1/b6-5-,9-8-,12-11-. The van der Waals surface area contributed by atoms with Gasteiger partial charge in [-0.2, -0.15) is 0 Å². The third kappa shape index (κ3) is 15.1. The molecular formula is C27H48NO3+. The van der Waals surface area contributed by atoms with Gasteiger partial charge in [0, 0.05) is 12.8 Å². The molecule has 4 nitrogen and oxygen atoms in total. The van der Waals surface area contributed by atoms with Crippen molar-refractivity contribution in [3.05, 3.63) is 36.5 Å². The van der Waals surface area contributed by atoms with Crippen molar-refractivity contribution >= 4 is 5.97 Å². The lowest BCUT2D eigenvalue weighted by Gasteiger charge is -2.45. The molecule has 178 valence electrons. The molecule has 0 saturated carbocycles. The Kier molecular flexibility index (Phi) is 17.2. The number of unbranched alkanes of at least 4 members (excludes halogenated alkanes) is 5. The van der Waals surface area contributed by atoms with Crippen molar-refractivity contribution in [1.29, 1.82) is 0 Å². The van der Waals surface area contributed by atoms with Crippen LogP contribution in [0.15, 0.2) is 36.5 Å². The molecule has 0 aromatic heterocycles. The Bertz CT molecular complexity index is 515.